The van der Waals surface area contributed by atoms with Crippen LogP contribution in [-0.2, 0) is 0 Å². The zero-order chi connectivity index (χ0) is 16.2. The van der Waals surface area contributed by atoms with Gasteiger partial charge in [-0.3, -0.25) is 4.79 Å². The second kappa shape index (κ2) is 6.89. The number of nitrogens with one attached hydrogen (secondary N) is 1. The highest BCUT2D eigenvalue weighted by Gasteiger charge is 2.16. The molecule has 0 aliphatic carbocycles. The number of benzene rings is 2. The Morgan fingerprint density at radius 2 is 1.83 bits per heavy atom. The minimum atomic E-state index is -0.196. The fourth-order valence-electron chi connectivity index (χ4n) is 2.11. The molecule has 0 atom stereocenters. The van der Waals surface area contributed by atoms with Gasteiger partial charge in [-0.2, -0.15) is 5.10 Å². The third kappa shape index (κ3) is 3.57. The molecule has 6 heteroatoms. The highest BCUT2D eigenvalue weighted by molar-refractivity contribution is 7.98. The average molecular weight is 344 g/mol. The number of rotatable bonds is 4. The van der Waals surface area contributed by atoms with E-state index in [2.05, 4.69) is 10.4 Å². The van der Waals surface area contributed by atoms with Gasteiger partial charge in [-0.15, -0.1) is 11.8 Å². The summed E-state index contributed by atoms with van der Waals surface area (Å²) < 4.78 is 1.71. The molecule has 0 radical (unpaired) electrons. The summed E-state index contributed by atoms with van der Waals surface area (Å²) in [5.74, 6) is -0.196. The molecule has 1 heterocycles. The van der Waals surface area contributed by atoms with E-state index in [4.69, 9.17) is 11.6 Å². The molecule has 0 saturated carbocycles. The summed E-state index contributed by atoms with van der Waals surface area (Å²) in [6.45, 7) is 0. The fourth-order valence-corrected chi connectivity index (χ4v) is 2.77. The number of amides is 1. The highest BCUT2D eigenvalue weighted by Crippen LogP contribution is 2.22. The van der Waals surface area contributed by atoms with Gasteiger partial charge in [-0.25, -0.2) is 4.68 Å². The maximum Gasteiger partial charge on any atom is 0.260 e. The van der Waals surface area contributed by atoms with Gasteiger partial charge in [0.1, 0.15) is 5.03 Å². The number of para-hydroxylation sites is 1. The molecule has 1 N–H and O–H groups in total. The second-order valence-corrected chi connectivity index (χ2v) is 6.02. The molecule has 116 valence electrons. The van der Waals surface area contributed by atoms with E-state index < -0.39 is 0 Å². The van der Waals surface area contributed by atoms with Crippen LogP contribution in [0.5, 0.6) is 0 Å². The number of halogens is 1. The van der Waals surface area contributed by atoms with Gasteiger partial charge in [0.15, 0.2) is 0 Å². The number of thioether (sulfide) groups is 1. The van der Waals surface area contributed by atoms with Gasteiger partial charge in [0.05, 0.1) is 11.3 Å². The van der Waals surface area contributed by atoms with Crippen LogP contribution < -0.4 is 5.32 Å². The van der Waals surface area contributed by atoms with Crippen molar-refractivity contribution in [3.05, 3.63) is 71.4 Å². The summed E-state index contributed by atoms with van der Waals surface area (Å²) in [6.07, 6.45) is 3.64. The molecule has 1 aromatic heterocycles. The number of anilines is 1. The van der Waals surface area contributed by atoms with Gasteiger partial charge < -0.3 is 5.32 Å². The molecule has 0 aliphatic heterocycles. The van der Waals surface area contributed by atoms with Crippen LogP contribution in [0.4, 0.5) is 5.69 Å². The van der Waals surface area contributed by atoms with Crippen LogP contribution in [-0.4, -0.2) is 21.9 Å². The number of nitrogens with zero attached hydrogens (tertiary/aromatic N) is 2. The standard InChI is InChI=1S/C17H14ClN3OS/c1-23-17-15(11-21(20-17)14-5-3-2-4-6-14)16(22)19-13-9-7-12(18)8-10-13/h2-11H,1H3,(H,19,22). The van der Waals surface area contributed by atoms with Crippen LogP contribution in [0.1, 0.15) is 10.4 Å². The minimum absolute atomic E-state index is 0.196. The van der Waals surface area contributed by atoms with E-state index in [1.54, 1.807) is 35.1 Å². The van der Waals surface area contributed by atoms with Crippen molar-refractivity contribution in [2.24, 2.45) is 0 Å². The zero-order valence-electron chi connectivity index (χ0n) is 12.4. The first-order chi connectivity index (χ1) is 11.2. The van der Waals surface area contributed by atoms with Crippen molar-refractivity contribution < 1.29 is 4.79 Å². The van der Waals surface area contributed by atoms with E-state index in [9.17, 15) is 4.79 Å². The molecule has 0 saturated heterocycles. The summed E-state index contributed by atoms with van der Waals surface area (Å²) >= 11 is 7.29. The van der Waals surface area contributed by atoms with Gasteiger partial charge in [-0.05, 0) is 42.7 Å². The first-order valence-electron chi connectivity index (χ1n) is 6.93. The van der Waals surface area contributed by atoms with Crippen molar-refractivity contribution in [3.63, 3.8) is 0 Å². The molecule has 3 rings (SSSR count). The van der Waals surface area contributed by atoms with Crippen molar-refractivity contribution in [2.75, 3.05) is 11.6 Å². The van der Waals surface area contributed by atoms with E-state index in [-0.39, 0.29) is 5.91 Å². The van der Waals surface area contributed by atoms with Crippen LogP contribution in [0, 0.1) is 0 Å². The number of carbonyl (C=O) groups is 1. The van der Waals surface area contributed by atoms with E-state index >= 15 is 0 Å². The molecule has 0 bridgehead atoms. The van der Waals surface area contributed by atoms with Crippen molar-refractivity contribution in [1.29, 1.82) is 0 Å². The normalized spacial score (nSPS) is 10.5. The average Bonchev–Trinajstić information content (AvgIpc) is 3.02. The Hall–Kier alpha value is -2.24. The lowest BCUT2D eigenvalue weighted by Crippen LogP contribution is -2.11. The van der Waals surface area contributed by atoms with Crippen LogP contribution in [0.15, 0.2) is 65.8 Å². The van der Waals surface area contributed by atoms with Crippen molar-refractivity contribution in [3.8, 4) is 5.69 Å². The number of aromatic nitrogens is 2. The van der Waals surface area contributed by atoms with Crippen LogP contribution in [0.25, 0.3) is 5.69 Å². The summed E-state index contributed by atoms with van der Waals surface area (Å²) in [4.78, 5) is 12.5. The molecule has 0 spiro atoms. The zero-order valence-corrected chi connectivity index (χ0v) is 13.9. The monoisotopic (exact) mass is 343 g/mol. The Labute approximate surface area is 143 Å². The maximum absolute atomic E-state index is 12.5. The van der Waals surface area contributed by atoms with Gasteiger partial charge >= 0.3 is 0 Å². The topological polar surface area (TPSA) is 46.9 Å². The van der Waals surface area contributed by atoms with E-state index in [0.717, 1.165) is 5.69 Å². The molecule has 0 fully saturated rings. The lowest BCUT2D eigenvalue weighted by molar-refractivity contribution is 0.102. The van der Waals surface area contributed by atoms with Crippen LogP contribution in [0.3, 0.4) is 0 Å². The molecule has 2 aromatic carbocycles. The summed E-state index contributed by atoms with van der Waals surface area (Å²) in [5, 5.41) is 8.64. The molecular weight excluding hydrogens is 330 g/mol. The van der Waals surface area contributed by atoms with Crippen molar-refractivity contribution >= 4 is 35.0 Å². The lowest BCUT2D eigenvalue weighted by Gasteiger charge is -2.04. The maximum atomic E-state index is 12.5. The largest absolute Gasteiger partial charge is 0.322 e. The van der Waals surface area contributed by atoms with Crippen molar-refractivity contribution in [2.45, 2.75) is 5.03 Å². The molecule has 0 aliphatic rings. The Balaban J connectivity index is 1.88. The third-order valence-corrected chi connectivity index (χ3v) is 4.18. The van der Waals surface area contributed by atoms with E-state index in [0.29, 0.717) is 21.3 Å². The molecule has 1 amide bonds. The lowest BCUT2D eigenvalue weighted by atomic mass is 10.3. The van der Waals surface area contributed by atoms with Gasteiger partial charge in [0.25, 0.3) is 5.91 Å². The number of hydrogen-bond acceptors (Lipinski definition) is 3. The molecule has 0 unspecified atom stereocenters. The highest BCUT2D eigenvalue weighted by atomic mass is 35.5. The van der Waals surface area contributed by atoms with E-state index in [1.807, 2.05) is 36.6 Å². The Morgan fingerprint density at radius 3 is 2.48 bits per heavy atom. The second-order valence-electron chi connectivity index (χ2n) is 4.79. The third-order valence-electron chi connectivity index (χ3n) is 3.24. The molecule has 23 heavy (non-hydrogen) atoms. The number of hydrogen-bond donors (Lipinski definition) is 1. The first kappa shape index (κ1) is 15.6. The van der Waals surface area contributed by atoms with Gasteiger partial charge in [0, 0.05) is 16.9 Å². The van der Waals surface area contributed by atoms with Crippen LogP contribution >= 0.6 is 23.4 Å². The Bertz CT molecular complexity index is 816. The number of carbonyl (C=O) groups excluding carboxylic acids is 1. The summed E-state index contributed by atoms with van der Waals surface area (Å²) in [7, 11) is 0. The summed E-state index contributed by atoms with van der Waals surface area (Å²) in [6, 6.07) is 16.7. The summed E-state index contributed by atoms with van der Waals surface area (Å²) in [5.41, 5.74) is 2.14. The Kier molecular flexibility index (Phi) is 4.69. The van der Waals surface area contributed by atoms with Crippen molar-refractivity contribution in [1.82, 2.24) is 9.78 Å². The minimum Gasteiger partial charge on any atom is -0.322 e. The molecule has 3 aromatic rings. The smallest absolute Gasteiger partial charge is 0.260 e. The first-order valence-corrected chi connectivity index (χ1v) is 8.53. The van der Waals surface area contributed by atoms with E-state index in [1.165, 1.54) is 11.8 Å². The Morgan fingerprint density at radius 1 is 1.13 bits per heavy atom. The molecule has 4 nitrogen and oxygen atoms in total. The van der Waals surface area contributed by atoms with Crippen LogP contribution in [0.2, 0.25) is 5.02 Å². The molecular formula is C17H14ClN3OS. The quantitative estimate of drug-likeness (QED) is 0.709. The fraction of sp³-hybridized carbons (Fsp3) is 0.0588. The predicted octanol–water partition coefficient (Wildman–Crippen LogP) is 4.50. The van der Waals surface area contributed by atoms with Gasteiger partial charge in [0.2, 0.25) is 0 Å². The SMILES string of the molecule is CSc1nn(-c2ccccc2)cc1C(=O)Nc1ccc(Cl)cc1. The van der Waals surface area contributed by atoms with Gasteiger partial charge in [-0.1, -0.05) is 29.8 Å². The predicted molar refractivity (Wildman–Crippen MR) is 94.8 cm³/mol.